The topological polar surface area (TPSA) is 68.0 Å². The lowest BCUT2D eigenvalue weighted by Gasteiger charge is -2.05. The van der Waals surface area contributed by atoms with Gasteiger partial charge in [-0.05, 0) is 6.07 Å². The summed E-state index contributed by atoms with van der Waals surface area (Å²) in [4.78, 5) is 8.44. The van der Waals surface area contributed by atoms with Crippen molar-refractivity contribution in [1.29, 1.82) is 0 Å². The Morgan fingerprint density at radius 1 is 1.32 bits per heavy atom. The van der Waals surface area contributed by atoms with E-state index in [2.05, 4.69) is 25.5 Å². The first kappa shape index (κ1) is 15.0. The van der Waals surface area contributed by atoms with Crippen LogP contribution in [0.3, 0.4) is 0 Å². The number of imidazole rings is 1. The molecule has 0 amide bonds. The van der Waals surface area contributed by atoms with Crippen molar-refractivity contribution in [1.82, 2.24) is 24.6 Å². The van der Waals surface area contributed by atoms with Crippen LogP contribution < -0.4 is 5.32 Å². The van der Waals surface area contributed by atoms with E-state index in [1.165, 1.54) is 11.8 Å². The van der Waals surface area contributed by atoms with Crippen LogP contribution >= 0.6 is 23.1 Å². The number of nitrogens with one attached hydrogen (secondary N) is 1. The third-order valence-electron chi connectivity index (χ3n) is 2.48. The number of aromatic nitrogens is 5. The molecule has 116 valence electrons. The van der Waals surface area contributed by atoms with Gasteiger partial charge < -0.3 is 5.32 Å². The Hall–Kier alpha value is -1.88. The molecule has 0 spiro atoms. The van der Waals surface area contributed by atoms with Crippen LogP contribution in [-0.4, -0.2) is 37.3 Å². The van der Waals surface area contributed by atoms with E-state index in [1.807, 2.05) is 12.4 Å². The molecule has 0 aliphatic rings. The van der Waals surface area contributed by atoms with Gasteiger partial charge in [-0.3, -0.25) is 4.40 Å². The van der Waals surface area contributed by atoms with Crippen molar-refractivity contribution in [3.8, 4) is 0 Å². The lowest BCUT2D eigenvalue weighted by atomic mass is 10.6. The van der Waals surface area contributed by atoms with Crippen LogP contribution in [0.2, 0.25) is 0 Å². The number of alkyl halides is 3. The lowest BCUT2D eigenvalue weighted by Crippen LogP contribution is -2.21. The molecule has 0 bridgehead atoms. The Labute approximate surface area is 130 Å². The summed E-state index contributed by atoms with van der Waals surface area (Å²) in [5.74, 6) is 1.14. The van der Waals surface area contributed by atoms with Crippen LogP contribution in [0, 0.1) is 0 Å². The highest BCUT2D eigenvalue weighted by molar-refractivity contribution is 8.00. The molecular formula is C11H9F3N6S2. The Morgan fingerprint density at radius 3 is 2.95 bits per heavy atom. The van der Waals surface area contributed by atoms with E-state index in [4.69, 9.17) is 0 Å². The van der Waals surface area contributed by atoms with E-state index in [-0.39, 0.29) is 5.13 Å². The molecule has 0 saturated carbocycles. The highest BCUT2D eigenvalue weighted by Crippen LogP contribution is 2.28. The second-order valence-corrected chi connectivity index (χ2v) is 6.39. The molecule has 0 atom stereocenters. The quantitative estimate of drug-likeness (QED) is 0.717. The largest absolute Gasteiger partial charge is 0.405 e. The zero-order valence-corrected chi connectivity index (χ0v) is 12.5. The minimum atomic E-state index is -4.28. The maximum absolute atomic E-state index is 12.1. The number of nitrogens with zero attached hydrogens (tertiary/aromatic N) is 5. The highest BCUT2D eigenvalue weighted by atomic mass is 32.2. The van der Waals surface area contributed by atoms with Crippen molar-refractivity contribution >= 4 is 34.0 Å². The van der Waals surface area contributed by atoms with Crippen molar-refractivity contribution in [2.45, 2.75) is 16.3 Å². The van der Waals surface area contributed by atoms with E-state index < -0.39 is 12.7 Å². The summed E-state index contributed by atoms with van der Waals surface area (Å²) in [6, 6.07) is 1.80. The summed E-state index contributed by atoms with van der Waals surface area (Å²) >= 11 is 2.44. The Balaban J connectivity index is 1.58. The van der Waals surface area contributed by atoms with E-state index in [0.29, 0.717) is 15.9 Å². The molecule has 0 saturated heterocycles. The molecule has 1 N–H and O–H groups in total. The van der Waals surface area contributed by atoms with Gasteiger partial charge in [-0.25, -0.2) is 9.97 Å². The number of hydrogen-bond acceptors (Lipinski definition) is 7. The minimum absolute atomic E-state index is 0.150. The zero-order chi connectivity index (χ0) is 15.6. The van der Waals surface area contributed by atoms with Crippen molar-refractivity contribution in [3.05, 3.63) is 30.4 Å². The van der Waals surface area contributed by atoms with Gasteiger partial charge in [0.15, 0.2) is 4.34 Å². The molecule has 6 nitrogen and oxygen atoms in total. The fraction of sp³-hybridized carbons (Fsp3) is 0.273. The molecule has 0 aliphatic heterocycles. The van der Waals surface area contributed by atoms with Gasteiger partial charge >= 0.3 is 6.18 Å². The van der Waals surface area contributed by atoms with Gasteiger partial charge in [0.25, 0.3) is 0 Å². The second-order valence-electron chi connectivity index (χ2n) is 4.19. The smallest absolute Gasteiger partial charge is 0.351 e. The van der Waals surface area contributed by atoms with Crippen LogP contribution in [0.15, 0.2) is 29.0 Å². The zero-order valence-electron chi connectivity index (χ0n) is 10.9. The predicted octanol–water partition coefficient (Wildman–Crippen LogP) is 2.85. The minimum Gasteiger partial charge on any atom is -0.351 e. The molecule has 3 rings (SSSR count). The van der Waals surface area contributed by atoms with Crippen LogP contribution in [0.1, 0.15) is 5.69 Å². The van der Waals surface area contributed by atoms with E-state index >= 15 is 0 Å². The molecule has 0 fully saturated rings. The molecule has 11 heteroatoms. The van der Waals surface area contributed by atoms with E-state index in [1.54, 1.807) is 16.7 Å². The molecule has 0 unspecified atom stereocenters. The molecule has 3 aromatic heterocycles. The van der Waals surface area contributed by atoms with E-state index in [9.17, 15) is 13.2 Å². The second kappa shape index (κ2) is 6.08. The van der Waals surface area contributed by atoms with Crippen molar-refractivity contribution < 1.29 is 13.2 Å². The Kier molecular flexibility index (Phi) is 4.16. The van der Waals surface area contributed by atoms with Gasteiger partial charge in [0.1, 0.15) is 6.54 Å². The van der Waals surface area contributed by atoms with Crippen molar-refractivity contribution in [3.63, 3.8) is 0 Å². The van der Waals surface area contributed by atoms with Crippen LogP contribution in [0.4, 0.5) is 18.3 Å². The highest BCUT2D eigenvalue weighted by Gasteiger charge is 2.27. The maximum Gasteiger partial charge on any atom is 0.405 e. The molecule has 3 heterocycles. The molecule has 0 radical (unpaired) electrons. The monoisotopic (exact) mass is 346 g/mol. The van der Waals surface area contributed by atoms with E-state index in [0.717, 1.165) is 17.0 Å². The third-order valence-corrected chi connectivity index (χ3v) is 4.52. The number of halogens is 3. The normalized spacial score (nSPS) is 12.0. The summed E-state index contributed by atoms with van der Waals surface area (Å²) in [5, 5.41) is 9.86. The van der Waals surface area contributed by atoms with Crippen LogP contribution in [0.5, 0.6) is 0 Å². The molecule has 22 heavy (non-hydrogen) atoms. The van der Waals surface area contributed by atoms with Crippen LogP contribution in [0.25, 0.3) is 5.78 Å². The summed E-state index contributed by atoms with van der Waals surface area (Å²) in [6.07, 6.45) is 1.07. The third kappa shape index (κ3) is 3.85. The maximum atomic E-state index is 12.1. The number of hydrogen-bond donors (Lipinski definition) is 1. The van der Waals surface area contributed by atoms with Crippen LogP contribution in [-0.2, 0) is 5.75 Å². The first-order chi connectivity index (χ1) is 10.5. The number of thioether (sulfide) groups is 1. The first-order valence-corrected chi connectivity index (χ1v) is 7.85. The fourth-order valence-corrected chi connectivity index (χ4v) is 3.23. The Morgan fingerprint density at radius 2 is 2.18 bits per heavy atom. The average Bonchev–Trinajstić information content (AvgIpc) is 3.08. The number of anilines is 1. The van der Waals surface area contributed by atoms with Gasteiger partial charge in [-0.1, -0.05) is 23.1 Å². The molecular weight excluding hydrogens is 337 g/mol. The lowest BCUT2D eigenvalue weighted by molar-refractivity contribution is -0.115. The number of fused-ring (bicyclic) bond motifs is 1. The van der Waals surface area contributed by atoms with Gasteiger partial charge in [-0.15, -0.1) is 10.2 Å². The average molecular weight is 346 g/mol. The molecule has 3 aromatic rings. The SMILES string of the molecule is FC(F)(F)CNc1nnc(SCc2cn3cccnc3n2)s1. The molecule has 0 aromatic carbocycles. The first-order valence-electron chi connectivity index (χ1n) is 6.05. The van der Waals surface area contributed by atoms with Gasteiger partial charge in [0.05, 0.1) is 5.69 Å². The molecule has 0 aliphatic carbocycles. The van der Waals surface area contributed by atoms with Gasteiger partial charge in [0.2, 0.25) is 10.9 Å². The summed E-state index contributed by atoms with van der Waals surface area (Å²) in [5.41, 5.74) is 0.809. The Bertz CT molecular complexity index is 735. The number of rotatable bonds is 5. The summed E-state index contributed by atoms with van der Waals surface area (Å²) in [6.45, 7) is -1.12. The van der Waals surface area contributed by atoms with Gasteiger partial charge in [0, 0.05) is 24.3 Å². The fourth-order valence-electron chi connectivity index (χ4n) is 1.60. The standard InChI is InChI=1S/C11H9F3N6S2/c12-11(13,14)6-16-9-18-19-10(22-9)21-5-7-4-20-3-1-2-15-8(20)17-7/h1-4H,5-6H2,(H,16,18). The van der Waals surface area contributed by atoms with Gasteiger partial charge in [-0.2, -0.15) is 13.2 Å². The summed E-state index contributed by atoms with van der Waals surface area (Å²) < 4.78 is 38.6. The van der Waals surface area contributed by atoms with Crippen molar-refractivity contribution in [2.24, 2.45) is 0 Å². The summed E-state index contributed by atoms with van der Waals surface area (Å²) in [7, 11) is 0. The van der Waals surface area contributed by atoms with Crippen molar-refractivity contribution in [2.75, 3.05) is 11.9 Å². The predicted molar refractivity (Wildman–Crippen MR) is 77.0 cm³/mol.